The van der Waals surface area contributed by atoms with Gasteiger partial charge in [-0.1, -0.05) is 26.1 Å². The number of hydrogen-bond acceptors (Lipinski definition) is 11. The van der Waals surface area contributed by atoms with Crippen molar-refractivity contribution in [3.8, 4) is 0 Å². The third-order valence-electron chi connectivity index (χ3n) is 6.99. The number of esters is 2. The number of aromatic nitrogens is 1. The summed E-state index contributed by atoms with van der Waals surface area (Å²) in [6, 6.07) is -1.92. The molecule has 1 aliphatic heterocycles. The van der Waals surface area contributed by atoms with Crippen LogP contribution in [0.4, 0.5) is 0 Å². The maximum Gasteiger partial charge on any atom is 0.358 e. The molecule has 12 nitrogen and oxygen atoms in total. The molecule has 2 heterocycles. The molecule has 0 aliphatic carbocycles. The second kappa shape index (κ2) is 15.5. The zero-order chi connectivity index (χ0) is 33.6. The summed E-state index contributed by atoms with van der Waals surface area (Å²) >= 11 is 18.9. The summed E-state index contributed by atoms with van der Waals surface area (Å²) < 4.78 is 10.5. The third-order valence-corrected chi connectivity index (χ3v) is 8.62. The molecule has 0 saturated carbocycles. The molecule has 2 amide bonds. The molecule has 0 radical (unpaired) electrons. The van der Waals surface area contributed by atoms with E-state index in [1.54, 1.807) is 6.92 Å². The SMILES string of the molecule is CC(C)[C@@H]1NC(=O)CNC(=O)[C@@H](CO)NC(=S)[C@H](C(C)(C)O)OC(=O)C(C)(C)[C@H](CCCC(C)(Cl)Cl)OC(=O)c2csc1n2. The van der Waals surface area contributed by atoms with Crippen molar-refractivity contribution in [2.75, 3.05) is 13.2 Å². The summed E-state index contributed by atoms with van der Waals surface area (Å²) in [5, 5.41) is 30.6. The minimum Gasteiger partial charge on any atom is -0.456 e. The fraction of sp³-hybridized carbons (Fsp3) is 0.714. The summed E-state index contributed by atoms with van der Waals surface area (Å²) in [5.74, 6) is -3.08. The number of nitrogens with one attached hydrogen (secondary N) is 3. The maximum atomic E-state index is 13.7. The molecule has 248 valence electrons. The van der Waals surface area contributed by atoms with Crippen LogP contribution in [0.5, 0.6) is 0 Å². The monoisotopic (exact) mass is 696 g/mol. The van der Waals surface area contributed by atoms with Crippen LogP contribution < -0.4 is 16.0 Å². The quantitative estimate of drug-likeness (QED) is 0.161. The van der Waals surface area contributed by atoms with Crippen molar-refractivity contribution in [3.05, 3.63) is 16.1 Å². The van der Waals surface area contributed by atoms with Gasteiger partial charge in [-0.2, -0.15) is 0 Å². The Hall–Kier alpha value is -2.10. The smallest absolute Gasteiger partial charge is 0.358 e. The van der Waals surface area contributed by atoms with E-state index in [-0.39, 0.29) is 23.0 Å². The van der Waals surface area contributed by atoms with Crippen LogP contribution in [0.3, 0.4) is 0 Å². The highest BCUT2D eigenvalue weighted by Crippen LogP contribution is 2.34. The number of aliphatic hydroxyl groups is 2. The standard InChI is InChI=1S/C28H42Cl2N4O8S2/c1-14(2)19-23-33-16(13-44-23)24(38)41-17(9-8-10-28(7,29)30)26(3,4)25(39)42-20(27(5,6)40)22(43)32-15(12-35)21(37)31-11-18(36)34-19/h13-15,17,19-20,35,40H,8-12H2,1-7H3,(H,31,37)(H,32,43)(H,34,36)/t15-,17+,19+,20-/m1/s1. The number of ether oxygens (including phenoxy) is 2. The van der Waals surface area contributed by atoms with Crippen molar-refractivity contribution < 1.29 is 38.9 Å². The summed E-state index contributed by atoms with van der Waals surface area (Å²) in [5.41, 5.74) is -3.23. The van der Waals surface area contributed by atoms with E-state index >= 15 is 0 Å². The van der Waals surface area contributed by atoms with Crippen molar-refractivity contribution in [3.63, 3.8) is 0 Å². The Balaban J connectivity index is 2.57. The molecular formula is C28H42Cl2N4O8S2. The summed E-state index contributed by atoms with van der Waals surface area (Å²) in [7, 11) is 0. The third kappa shape index (κ3) is 10.8. The first-order valence-corrected chi connectivity index (χ1v) is 16.2. The van der Waals surface area contributed by atoms with Crippen molar-refractivity contribution >= 4 is 75.5 Å². The molecule has 2 rings (SSSR count). The number of nitrogens with zero attached hydrogens (tertiary/aromatic N) is 1. The number of halogens is 2. The maximum absolute atomic E-state index is 13.7. The molecule has 0 unspecified atom stereocenters. The van der Waals surface area contributed by atoms with E-state index < -0.39 is 76.5 Å². The minimum atomic E-state index is -1.74. The van der Waals surface area contributed by atoms with E-state index in [0.717, 1.165) is 11.3 Å². The first-order valence-electron chi connectivity index (χ1n) is 14.1. The molecular weight excluding hydrogens is 655 g/mol. The lowest BCUT2D eigenvalue weighted by Crippen LogP contribution is -2.57. The van der Waals surface area contributed by atoms with E-state index in [1.165, 1.54) is 33.1 Å². The van der Waals surface area contributed by atoms with Crippen molar-refractivity contribution in [2.24, 2.45) is 11.3 Å². The molecule has 0 fully saturated rings. The first-order chi connectivity index (χ1) is 20.2. The Labute approximate surface area is 276 Å². The van der Waals surface area contributed by atoms with Crippen LogP contribution in [-0.2, 0) is 23.9 Å². The average molecular weight is 698 g/mol. The molecule has 1 aliphatic rings. The number of hydrogen-bond donors (Lipinski definition) is 5. The number of fused-ring (bicyclic) bond motifs is 2. The predicted molar refractivity (Wildman–Crippen MR) is 171 cm³/mol. The molecule has 2 bridgehead atoms. The minimum absolute atomic E-state index is 0.0182. The molecule has 0 spiro atoms. The lowest BCUT2D eigenvalue weighted by Gasteiger charge is -2.36. The summed E-state index contributed by atoms with van der Waals surface area (Å²) in [4.78, 5) is 56.8. The number of aliphatic hydroxyl groups excluding tert-OH is 1. The largest absolute Gasteiger partial charge is 0.456 e. The average Bonchev–Trinajstić information content (AvgIpc) is 3.39. The summed E-state index contributed by atoms with van der Waals surface area (Å²) in [6.07, 6.45) is -1.64. The van der Waals surface area contributed by atoms with Gasteiger partial charge in [-0.05, 0) is 59.8 Å². The Morgan fingerprint density at radius 1 is 1.16 bits per heavy atom. The second-order valence-electron chi connectivity index (χ2n) is 12.3. The normalized spacial score (nSPS) is 24.7. The van der Waals surface area contributed by atoms with Crippen LogP contribution in [-0.4, -0.2) is 85.3 Å². The topological polar surface area (TPSA) is 176 Å². The molecule has 16 heteroatoms. The number of amides is 2. The van der Waals surface area contributed by atoms with Crippen LogP contribution in [0.15, 0.2) is 5.38 Å². The van der Waals surface area contributed by atoms with E-state index in [2.05, 4.69) is 20.9 Å². The van der Waals surface area contributed by atoms with Crippen LogP contribution in [0, 0.1) is 11.3 Å². The number of thiazole rings is 1. The summed E-state index contributed by atoms with van der Waals surface area (Å²) in [6.45, 7) is 9.93. The highest BCUT2D eigenvalue weighted by molar-refractivity contribution is 7.80. The fourth-order valence-corrected chi connectivity index (χ4v) is 6.01. The first kappa shape index (κ1) is 38.1. The Morgan fingerprint density at radius 3 is 2.34 bits per heavy atom. The Bertz CT molecular complexity index is 1210. The van der Waals surface area contributed by atoms with Crippen molar-refractivity contribution in [1.29, 1.82) is 0 Å². The number of rotatable bonds is 7. The molecule has 1 aromatic rings. The van der Waals surface area contributed by atoms with E-state index in [9.17, 15) is 29.4 Å². The van der Waals surface area contributed by atoms with Gasteiger partial charge in [0.25, 0.3) is 0 Å². The van der Waals surface area contributed by atoms with Gasteiger partial charge in [-0.15, -0.1) is 34.5 Å². The molecule has 44 heavy (non-hydrogen) atoms. The van der Waals surface area contributed by atoms with Gasteiger partial charge in [-0.25, -0.2) is 9.78 Å². The lowest BCUT2D eigenvalue weighted by molar-refractivity contribution is -0.172. The molecule has 0 saturated heterocycles. The molecule has 5 N–H and O–H groups in total. The van der Waals surface area contributed by atoms with Gasteiger partial charge in [-0.3, -0.25) is 14.4 Å². The van der Waals surface area contributed by atoms with Gasteiger partial charge < -0.3 is 35.6 Å². The van der Waals surface area contributed by atoms with E-state index in [4.69, 9.17) is 44.9 Å². The predicted octanol–water partition coefficient (Wildman–Crippen LogP) is 2.96. The zero-order valence-electron chi connectivity index (χ0n) is 25.9. The zero-order valence-corrected chi connectivity index (χ0v) is 29.0. The van der Waals surface area contributed by atoms with Crippen LogP contribution >= 0.6 is 46.8 Å². The van der Waals surface area contributed by atoms with Crippen LogP contribution in [0.2, 0.25) is 0 Å². The van der Waals surface area contributed by atoms with E-state index in [0.29, 0.717) is 17.8 Å². The fourth-order valence-electron chi connectivity index (χ4n) is 4.26. The molecule has 1 aromatic heterocycles. The van der Waals surface area contributed by atoms with Gasteiger partial charge in [0.15, 0.2) is 11.8 Å². The molecule has 4 atom stereocenters. The van der Waals surface area contributed by atoms with Crippen LogP contribution in [0.25, 0.3) is 0 Å². The Morgan fingerprint density at radius 2 is 1.80 bits per heavy atom. The van der Waals surface area contributed by atoms with Crippen molar-refractivity contribution in [1.82, 2.24) is 20.9 Å². The Kier molecular flexibility index (Phi) is 13.4. The number of thiocarbonyl (C=S) groups is 1. The number of alkyl halides is 2. The lowest BCUT2D eigenvalue weighted by atomic mass is 9.83. The van der Waals surface area contributed by atoms with Crippen LogP contribution in [0.1, 0.15) is 89.3 Å². The van der Waals surface area contributed by atoms with Gasteiger partial charge in [0, 0.05) is 5.38 Å². The number of cyclic esters (lactones) is 2. The van der Waals surface area contributed by atoms with Gasteiger partial charge >= 0.3 is 11.9 Å². The highest BCUT2D eigenvalue weighted by atomic mass is 35.5. The number of carbonyl (C=O) groups is 4. The van der Waals surface area contributed by atoms with Crippen molar-refractivity contribution in [2.45, 2.75) is 102 Å². The second-order valence-corrected chi connectivity index (χ2v) is 15.5. The molecule has 0 aromatic carbocycles. The highest BCUT2D eigenvalue weighted by Gasteiger charge is 2.45. The van der Waals surface area contributed by atoms with E-state index in [1.807, 2.05) is 13.8 Å². The van der Waals surface area contributed by atoms with Gasteiger partial charge in [0.05, 0.1) is 24.6 Å². The number of carbonyl (C=O) groups excluding carboxylic acids is 4. The van der Waals surface area contributed by atoms with Gasteiger partial charge in [0.2, 0.25) is 11.8 Å². The van der Waals surface area contributed by atoms with Gasteiger partial charge in [0.1, 0.15) is 32.1 Å².